The predicted molar refractivity (Wildman–Crippen MR) is 70.5 cm³/mol. The van der Waals surface area contributed by atoms with Crippen LogP contribution in [-0.4, -0.2) is 24.3 Å². The van der Waals surface area contributed by atoms with Crippen LogP contribution in [0, 0.1) is 12.8 Å². The lowest BCUT2D eigenvalue weighted by Gasteiger charge is -2.23. The number of nitrogens with two attached hydrogens (primary N) is 1. The second-order valence-electron chi connectivity index (χ2n) is 4.93. The van der Waals surface area contributed by atoms with Crippen molar-refractivity contribution in [2.75, 3.05) is 13.2 Å². The topological polar surface area (TPSA) is 81.8 Å². The summed E-state index contributed by atoms with van der Waals surface area (Å²) in [6, 6.07) is 3.44. The zero-order chi connectivity index (χ0) is 14.0. The van der Waals surface area contributed by atoms with Gasteiger partial charge in [-0.05, 0) is 36.6 Å². The van der Waals surface area contributed by atoms with Gasteiger partial charge in [-0.2, -0.15) is 0 Å². The Hall–Kier alpha value is -1.75. The maximum atomic E-state index is 10.9. The molecule has 0 aliphatic carbocycles. The average molecular weight is 265 g/mol. The summed E-state index contributed by atoms with van der Waals surface area (Å²) in [4.78, 5) is 10.9. The van der Waals surface area contributed by atoms with Crippen molar-refractivity contribution in [3.63, 3.8) is 0 Å². The molecule has 0 radical (unpaired) electrons. The number of hydrogen-bond donors (Lipinski definition) is 2. The maximum Gasteiger partial charge on any atom is 0.306 e. The second-order valence-corrected chi connectivity index (χ2v) is 4.93. The number of aliphatic carboxylic acids is 1. The highest BCUT2D eigenvalue weighted by Gasteiger charge is 2.21. The van der Waals surface area contributed by atoms with Crippen molar-refractivity contribution < 1.29 is 19.4 Å². The molecule has 2 unspecified atom stereocenters. The highest BCUT2D eigenvalue weighted by atomic mass is 16.6. The lowest BCUT2D eigenvalue weighted by molar-refractivity contribution is -0.141. The van der Waals surface area contributed by atoms with Gasteiger partial charge in [0.2, 0.25) is 0 Å². The largest absolute Gasteiger partial charge is 0.486 e. The average Bonchev–Trinajstić information content (AvgIpc) is 2.37. The normalized spacial score (nSPS) is 16.8. The Bertz CT molecular complexity index is 487. The van der Waals surface area contributed by atoms with E-state index in [-0.39, 0.29) is 6.04 Å². The Morgan fingerprint density at radius 1 is 1.37 bits per heavy atom. The Morgan fingerprint density at radius 3 is 2.53 bits per heavy atom. The first-order valence-electron chi connectivity index (χ1n) is 6.37. The van der Waals surface area contributed by atoms with Gasteiger partial charge in [0.15, 0.2) is 11.5 Å². The van der Waals surface area contributed by atoms with Crippen LogP contribution in [0.3, 0.4) is 0 Å². The molecule has 0 aromatic heterocycles. The number of aryl methyl sites for hydroxylation is 1. The third-order valence-electron chi connectivity index (χ3n) is 3.36. The highest BCUT2D eigenvalue weighted by Crippen LogP contribution is 2.35. The smallest absolute Gasteiger partial charge is 0.306 e. The van der Waals surface area contributed by atoms with E-state index in [1.54, 1.807) is 6.92 Å². The molecule has 1 aliphatic heterocycles. The summed E-state index contributed by atoms with van der Waals surface area (Å²) in [6.07, 6.45) is 0.399. The summed E-state index contributed by atoms with van der Waals surface area (Å²) >= 11 is 0. The van der Waals surface area contributed by atoms with Crippen molar-refractivity contribution in [2.45, 2.75) is 26.3 Å². The second kappa shape index (κ2) is 5.48. The molecule has 0 saturated heterocycles. The van der Waals surface area contributed by atoms with Crippen molar-refractivity contribution >= 4 is 5.97 Å². The van der Waals surface area contributed by atoms with E-state index in [9.17, 15) is 4.79 Å². The molecule has 2 atom stereocenters. The minimum Gasteiger partial charge on any atom is -0.486 e. The Labute approximate surface area is 112 Å². The van der Waals surface area contributed by atoms with Gasteiger partial charge in [-0.3, -0.25) is 4.79 Å². The molecule has 0 amide bonds. The van der Waals surface area contributed by atoms with E-state index in [0.29, 0.717) is 25.4 Å². The highest BCUT2D eigenvalue weighted by molar-refractivity contribution is 5.69. The van der Waals surface area contributed by atoms with Gasteiger partial charge < -0.3 is 20.3 Å². The van der Waals surface area contributed by atoms with E-state index in [1.165, 1.54) is 0 Å². The van der Waals surface area contributed by atoms with Crippen LogP contribution in [0.1, 0.15) is 30.5 Å². The molecule has 0 spiro atoms. The number of hydrogen-bond acceptors (Lipinski definition) is 4. The van der Waals surface area contributed by atoms with Crippen LogP contribution in [0.2, 0.25) is 0 Å². The summed E-state index contributed by atoms with van der Waals surface area (Å²) in [5, 5.41) is 8.94. The molecule has 1 aromatic rings. The van der Waals surface area contributed by atoms with E-state index in [4.69, 9.17) is 20.3 Å². The number of carbonyl (C=O) groups is 1. The molecule has 3 N–H and O–H groups in total. The molecule has 0 fully saturated rings. The van der Waals surface area contributed by atoms with Crippen LogP contribution >= 0.6 is 0 Å². The maximum absolute atomic E-state index is 10.9. The summed E-state index contributed by atoms with van der Waals surface area (Å²) in [7, 11) is 0. The summed E-state index contributed by atoms with van der Waals surface area (Å²) < 4.78 is 11.0. The van der Waals surface area contributed by atoms with Crippen LogP contribution in [0.15, 0.2) is 12.1 Å². The van der Waals surface area contributed by atoms with Gasteiger partial charge in [0, 0.05) is 6.04 Å². The van der Waals surface area contributed by atoms with E-state index >= 15 is 0 Å². The number of benzene rings is 1. The molecule has 0 saturated carbocycles. The standard InChI is InChI=1S/C14H19NO4/c1-8-6-12-13(19-4-3-18-12)7-10(8)11(15)5-9(2)14(16)17/h6-7,9,11H,3-5,15H2,1-2H3,(H,16,17). The molecule has 5 nitrogen and oxygen atoms in total. The minimum absolute atomic E-state index is 0.318. The number of ether oxygens (including phenoxy) is 2. The fourth-order valence-corrected chi connectivity index (χ4v) is 2.21. The summed E-state index contributed by atoms with van der Waals surface area (Å²) in [5.74, 6) is 0.115. The number of rotatable bonds is 4. The lowest BCUT2D eigenvalue weighted by Crippen LogP contribution is -2.21. The van der Waals surface area contributed by atoms with Gasteiger partial charge in [0.25, 0.3) is 0 Å². The van der Waals surface area contributed by atoms with Crippen molar-refractivity contribution in [2.24, 2.45) is 11.7 Å². The molecule has 104 valence electrons. The molecule has 0 bridgehead atoms. The molecule has 2 rings (SSSR count). The Morgan fingerprint density at radius 2 is 1.95 bits per heavy atom. The molecule has 5 heteroatoms. The van der Waals surface area contributed by atoms with Gasteiger partial charge in [-0.1, -0.05) is 6.92 Å². The molecule has 1 aromatic carbocycles. The molecule has 19 heavy (non-hydrogen) atoms. The third-order valence-corrected chi connectivity index (χ3v) is 3.36. The van der Waals surface area contributed by atoms with Crippen LogP contribution < -0.4 is 15.2 Å². The van der Waals surface area contributed by atoms with Crippen LogP contribution in [0.4, 0.5) is 0 Å². The molecular weight excluding hydrogens is 246 g/mol. The van der Waals surface area contributed by atoms with Crippen molar-refractivity contribution in [1.82, 2.24) is 0 Å². The quantitative estimate of drug-likeness (QED) is 0.868. The fourth-order valence-electron chi connectivity index (χ4n) is 2.21. The monoisotopic (exact) mass is 265 g/mol. The van der Waals surface area contributed by atoms with Crippen LogP contribution in [0.25, 0.3) is 0 Å². The van der Waals surface area contributed by atoms with Gasteiger partial charge in [-0.15, -0.1) is 0 Å². The zero-order valence-electron chi connectivity index (χ0n) is 11.2. The summed E-state index contributed by atoms with van der Waals surface area (Å²) in [5.41, 5.74) is 8.02. The van der Waals surface area contributed by atoms with Gasteiger partial charge in [-0.25, -0.2) is 0 Å². The third kappa shape index (κ3) is 2.98. The Kier molecular flexibility index (Phi) is 3.95. The minimum atomic E-state index is -0.828. The fraction of sp³-hybridized carbons (Fsp3) is 0.500. The van der Waals surface area contributed by atoms with Crippen molar-refractivity contribution in [3.8, 4) is 11.5 Å². The predicted octanol–water partition coefficient (Wildman–Crippen LogP) is 1.88. The van der Waals surface area contributed by atoms with Gasteiger partial charge in [0.05, 0.1) is 5.92 Å². The zero-order valence-corrected chi connectivity index (χ0v) is 11.2. The number of carboxylic acids is 1. The van der Waals surface area contributed by atoms with E-state index in [1.807, 2.05) is 19.1 Å². The van der Waals surface area contributed by atoms with Gasteiger partial charge in [0.1, 0.15) is 13.2 Å². The first-order valence-corrected chi connectivity index (χ1v) is 6.37. The molecular formula is C14H19NO4. The van der Waals surface area contributed by atoms with E-state index in [2.05, 4.69) is 0 Å². The number of carboxylic acid groups (broad SMARTS) is 1. The van der Waals surface area contributed by atoms with Crippen molar-refractivity contribution in [3.05, 3.63) is 23.3 Å². The first kappa shape index (κ1) is 13.7. The first-order chi connectivity index (χ1) is 8.99. The number of fused-ring (bicyclic) bond motifs is 1. The summed E-state index contributed by atoms with van der Waals surface area (Å²) in [6.45, 7) is 4.68. The van der Waals surface area contributed by atoms with Crippen molar-refractivity contribution in [1.29, 1.82) is 0 Å². The van der Waals surface area contributed by atoms with E-state index in [0.717, 1.165) is 16.9 Å². The van der Waals surface area contributed by atoms with Crippen LogP contribution in [-0.2, 0) is 4.79 Å². The van der Waals surface area contributed by atoms with Gasteiger partial charge >= 0.3 is 5.97 Å². The van der Waals surface area contributed by atoms with E-state index < -0.39 is 11.9 Å². The molecule has 1 aliphatic rings. The SMILES string of the molecule is Cc1cc2c(cc1C(N)CC(C)C(=O)O)OCCO2. The lowest BCUT2D eigenvalue weighted by atomic mass is 9.93. The Balaban J connectivity index is 2.21. The molecule has 1 heterocycles. The van der Waals surface area contributed by atoms with Crippen LogP contribution in [0.5, 0.6) is 11.5 Å².